The molecule has 92 valence electrons. The number of ketones is 1. The van der Waals surface area contributed by atoms with Crippen LogP contribution < -0.4 is 5.32 Å². The predicted octanol–water partition coefficient (Wildman–Crippen LogP) is 3.47. The zero-order valence-electron chi connectivity index (χ0n) is 9.85. The van der Waals surface area contributed by atoms with Gasteiger partial charge in [0.25, 0.3) is 0 Å². The van der Waals surface area contributed by atoms with Crippen LogP contribution >= 0.6 is 11.6 Å². The van der Waals surface area contributed by atoms with Crippen molar-refractivity contribution < 1.29 is 4.79 Å². The van der Waals surface area contributed by atoms with Crippen LogP contribution in [0.4, 0.5) is 11.5 Å². The Morgan fingerprint density at radius 1 is 1.33 bits per heavy atom. The Bertz CT molecular complexity index is 572. The lowest BCUT2D eigenvalue weighted by Crippen LogP contribution is -2.03. The molecule has 0 radical (unpaired) electrons. The zero-order chi connectivity index (χ0) is 13.0. The van der Waals surface area contributed by atoms with Gasteiger partial charge in [-0.1, -0.05) is 19.1 Å². The topological polar surface area (TPSA) is 54.9 Å². The Morgan fingerprint density at radius 2 is 2.11 bits per heavy atom. The van der Waals surface area contributed by atoms with Crippen molar-refractivity contribution >= 4 is 28.9 Å². The number of nitrogens with one attached hydrogen (secondary N) is 1. The van der Waals surface area contributed by atoms with Gasteiger partial charge in [-0.05, 0) is 29.8 Å². The molecule has 2 aromatic rings. The molecule has 0 saturated heterocycles. The maximum Gasteiger partial charge on any atom is 0.224 e. The van der Waals surface area contributed by atoms with Crippen LogP contribution in [0.1, 0.15) is 23.7 Å². The second kappa shape index (κ2) is 5.60. The molecular weight excluding hydrogens is 250 g/mol. The van der Waals surface area contributed by atoms with Crippen molar-refractivity contribution in [1.29, 1.82) is 0 Å². The lowest BCUT2D eigenvalue weighted by molar-refractivity contribution is 0.0989. The smallest absolute Gasteiger partial charge is 0.224 e. The van der Waals surface area contributed by atoms with Crippen molar-refractivity contribution in [2.75, 3.05) is 5.32 Å². The normalized spacial score (nSPS) is 10.1. The molecule has 0 unspecified atom stereocenters. The van der Waals surface area contributed by atoms with Crippen molar-refractivity contribution in [3.8, 4) is 0 Å². The van der Waals surface area contributed by atoms with E-state index in [1.165, 1.54) is 0 Å². The van der Waals surface area contributed by atoms with E-state index in [9.17, 15) is 4.79 Å². The fourth-order valence-corrected chi connectivity index (χ4v) is 1.72. The van der Waals surface area contributed by atoms with E-state index in [2.05, 4.69) is 15.3 Å². The second-order valence-corrected chi connectivity index (χ2v) is 4.00. The molecule has 0 fully saturated rings. The van der Waals surface area contributed by atoms with Gasteiger partial charge in [0.05, 0.1) is 5.69 Å². The summed E-state index contributed by atoms with van der Waals surface area (Å²) in [7, 11) is 0. The van der Waals surface area contributed by atoms with E-state index < -0.39 is 0 Å². The van der Waals surface area contributed by atoms with Gasteiger partial charge in [-0.15, -0.1) is 0 Å². The average molecular weight is 262 g/mol. The Hall–Kier alpha value is -1.94. The quantitative estimate of drug-likeness (QED) is 0.676. The van der Waals surface area contributed by atoms with E-state index in [1.807, 2.05) is 25.1 Å². The highest BCUT2D eigenvalue weighted by molar-refractivity contribution is 6.28. The van der Waals surface area contributed by atoms with Crippen LogP contribution in [0.15, 0.2) is 36.5 Å². The molecule has 0 aliphatic carbocycles. The molecule has 1 aromatic heterocycles. The number of hydrogen-bond acceptors (Lipinski definition) is 4. The van der Waals surface area contributed by atoms with Gasteiger partial charge < -0.3 is 5.32 Å². The van der Waals surface area contributed by atoms with Crippen LogP contribution in [0.25, 0.3) is 0 Å². The first-order valence-electron chi connectivity index (χ1n) is 5.58. The van der Waals surface area contributed by atoms with E-state index in [1.54, 1.807) is 18.3 Å². The monoisotopic (exact) mass is 261 g/mol. The van der Waals surface area contributed by atoms with E-state index in [0.29, 0.717) is 17.8 Å². The SMILES string of the molecule is CCC(=O)c1ccccc1Nc1ccnc(Cl)n1. The van der Waals surface area contributed by atoms with E-state index in [0.717, 1.165) is 5.69 Å². The Labute approximate surface area is 110 Å². The van der Waals surface area contributed by atoms with Crippen LogP contribution in [0.3, 0.4) is 0 Å². The fourth-order valence-electron chi connectivity index (χ4n) is 1.57. The third kappa shape index (κ3) is 2.84. The number of hydrogen-bond donors (Lipinski definition) is 1. The Kier molecular flexibility index (Phi) is 3.89. The number of rotatable bonds is 4. The number of para-hydroxylation sites is 1. The van der Waals surface area contributed by atoms with E-state index >= 15 is 0 Å². The van der Waals surface area contributed by atoms with Crippen LogP contribution in [-0.2, 0) is 0 Å². The number of Topliss-reactive ketones (excluding diaryl/α,β-unsaturated/α-hetero) is 1. The highest BCUT2D eigenvalue weighted by atomic mass is 35.5. The summed E-state index contributed by atoms with van der Waals surface area (Å²) < 4.78 is 0. The molecule has 0 aliphatic heterocycles. The lowest BCUT2D eigenvalue weighted by atomic mass is 10.1. The Balaban J connectivity index is 2.32. The molecule has 0 atom stereocenters. The highest BCUT2D eigenvalue weighted by Crippen LogP contribution is 2.21. The molecular formula is C13H12ClN3O. The summed E-state index contributed by atoms with van der Waals surface area (Å²) in [6.45, 7) is 1.83. The van der Waals surface area contributed by atoms with Gasteiger partial charge in [-0.25, -0.2) is 9.97 Å². The molecule has 1 heterocycles. The van der Waals surface area contributed by atoms with Gasteiger partial charge in [0.2, 0.25) is 5.28 Å². The highest BCUT2D eigenvalue weighted by Gasteiger charge is 2.09. The van der Waals surface area contributed by atoms with E-state index in [4.69, 9.17) is 11.6 Å². The van der Waals surface area contributed by atoms with Gasteiger partial charge in [0.15, 0.2) is 5.78 Å². The summed E-state index contributed by atoms with van der Waals surface area (Å²) >= 11 is 5.71. The van der Waals surface area contributed by atoms with Gasteiger partial charge in [-0.3, -0.25) is 4.79 Å². The van der Waals surface area contributed by atoms with Crippen LogP contribution in [-0.4, -0.2) is 15.8 Å². The minimum absolute atomic E-state index is 0.0817. The van der Waals surface area contributed by atoms with Crippen molar-refractivity contribution in [2.45, 2.75) is 13.3 Å². The number of carbonyl (C=O) groups excluding carboxylic acids is 1. The number of nitrogens with zero attached hydrogens (tertiary/aromatic N) is 2. The van der Waals surface area contributed by atoms with Crippen molar-refractivity contribution in [3.63, 3.8) is 0 Å². The van der Waals surface area contributed by atoms with Crippen LogP contribution in [0.2, 0.25) is 5.28 Å². The van der Waals surface area contributed by atoms with Gasteiger partial charge in [0.1, 0.15) is 5.82 Å². The largest absolute Gasteiger partial charge is 0.339 e. The van der Waals surface area contributed by atoms with Gasteiger partial charge in [0, 0.05) is 18.2 Å². The van der Waals surface area contributed by atoms with Gasteiger partial charge in [-0.2, -0.15) is 0 Å². The average Bonchev–Trinajstić information content (AvgIpc) is 2.38. The number of benzene rings is 1. The maximum atomic E-state index is 11.8. The van der Waals surface area contributed by atoms with Crippen molar-refractivity contribution in [3.05, 3.63) is 47.4 Å². The summed E-state index contributed by atoms with van der Waals surface area (Å²) in [5, 5.41) is 3.24. The molecule has 4 nitrogen and oxygen atoms in total. The minimum atomic E-state index is 0.0817. The molecule has 0 aliphatic rings. The van der Waals surface area contributed by atoms with Crippen molar-refractivity contribution in [1.82, 2.24) is 9.97 Å². The minimum Gasteiger partial charge on any atom is -0.339 e. The van der Waals surface area contributed by atoms with Crippen molar-refractivity contribution in [2.24, 2.45) is 0 Å². The molecule has 5 heteroatoms. The standard InChI is InChI=1S/C13H12ClN3O/c1-2-11(18)9-5-3-4-6-10(9)16-12-7-8-15-13(14)17-12/h3-8H,2H2,1H3,(H,15,16,17). The summed E-state index contributed by atoms with van der Waals surface area (Å²) in [6.07, 6.45) is 2.02. The number of aromatic nitrogens is 2. The van der Waals surface area contributed by atoms with Crippen LogP contribution in [0.5, 0.6) is 0 Å². The maximum absolute atomic E-state index is 11.8. The fraction of sp³-hybridized carbons (Fsp3) is 0.154. The zero-order valence-corrected chi connectivity index (χ0v) is 10.6. The first-order chi connectivity index (χ1) is 8.70. The summed E-state index contributed by atoms with van der Waals surface area (Å²) in [5.41, 5.74) is 1.37. The predicted molar refractivity (Wildman–Crippen MR) is 71.4 cm³/mol. The number of carbonyl (C=O) groups is 1. The summed E-state index contributed by atoms with van der Waals surface area (Å²) in [6, 6.07) is 9.01. The first kappa shape index (κ1) is 12.5. The third-order valence-electron chi connectivity index (χ3n) is 2.44. The summed E-state index contributed by atoms with van der Waals surface area (Å²) in [4.78, 5) is 19.6. The summed E-state index contributed by atoms with van der Waals surface area (Å²) in [5.74, 6) is 0.643. The molecule has 2 rings (SSSR count). The number of halogens is 1. The van der Waals surface area contributed by atoms with Gasteiger partial charge >= 0.3 is 0 Å². The second-order valence-electron chi connectivity index (χ2n) is 3.66. The Morgan fingerprint density at radius 3 is 2.83 bits per heavy atom. The number of anilines is 2. The lowest BCUT2D eigenvalue weighted by Gasteiger charge is -2.09. The molecule has 18 heavy (non-hydrogen) atoms. The molecule has 1 N–H and O–H groups in total. The third-order valence-corrected chi connectivity index (χ3v) is 2.62. The first-order valence-corrected chi connectivity index (χ1v) is 5.96. The molecule has 1 aromatic carbocycles. The molecule has 0 amide bonds. The van der Waals surface area contributed by atoms with E-state index in [-0.39, 0.29) is 11.1 Å². The molecule has 0 saturated carbocycles. The molecule has 0 bridgehead atoms. The van der Waals surface area contributed by atoms with Crippen LogP contribution in [0, 0.1) is 0 Å². The molecule has 0 spiro atoms.